The molecule has 0 bridgehead atoms. The lowest BCUT2D eigenvalue weighted by Crippen LogP contribution is -2.68. The van der Waals surface area contributed by atoms with Gasteiger partial charge in [-0.3, -0.25) is 4.79 Å². The predicted octanol–water partition coefficient (Wildman–Crippen LogP) is 1.90. The zero-order valence-corrected chi connectivity index (χ0v) is 14.7. The average molecular weight is 341 g/mol. The fourth-order valence-corrected chi connectivity index (χ4v) is 4.18. The van der Waals surface area contributed by atoms with Gasteiger partial charge in [-0.2, -0.15) is 0 Å². The van der Waals surface area contributed by atoms with Gasteiger partial charge in [0.05, 0.1) is 18.6 Å². The molecule has 5 atom stereocenters. The van der Waals surface area contributed by atoms with Gasteiger partial charge in [0.15, 0.2) is 6.29 Å². The van der Waals surface area contributed by atoms with Crippen LogP contribution in [0, 0.1) is 11.8 Å². The van der Waals surface area contributed by atoms with E-state index in [-0.39, 0.29) is 42.9 Å². The number of carbonyl (C=O) groups is 1. The summed E-state index contributed by atoms with van der Waals surface area (Å²) >= 11 is 0. The summed E-state index contributed by atoms with van der Waals surface area (Å²) in [5.41, 5.74) is 0. The molecular formula is C18H31NO5. The van der Waals surface area contributed by atoms with Crippen molar-refractivity contribution < 1.29 is 24.1 Å². The standard InChI is InChI=1S/C18H31NO5/c1-13(12-24-16-7-3-5-11-23-16)17-14(8-9-20)18(21)19(17)15-6-2-4-10-22-15/h13-17,20H,2-12H2,1H3/t13?,14-,15?,16?,17-/m1/s1. The van der Waals surface area contributed by atoms with Gasteiger partial charge >= 0.3 is 0 Å². The molecule has 6 nitrogen and oxygen atoms in total. The number of amides is 1. The van der Waals surface area contributed by atoms with Gasteiger partial charge in [0.2, 0.25) is 5.91 Å². The van der Waals surface area contributed by atoms with E-state index in [0.29, 0.717) is 13.0 Å². The van der Waals surface area contributed by atoms with Crippen LogP contribution in [0.1, 0.15) is 51.9 Å². The number of aliphatic hydroxyl groups is 1. The molecular weight excluding hydrogens is 310 g/mol. The van der Waals surface area contributed by atoms with Crippen LogP contribution < -0.4 is 0 Å². The Balaban J connectivity index is 1.58. The number of aliphatic hydroxyl groups excluding tert-OH is 1. The Morgan fingerprint density at radius 1 is 1.21 bits per heavy atom. The van der Waals surface area contributed by atoms with Crippen LogP contribution in [0.5, 0.6) is 0 Å². The largest absolute Gasteiger partial charge is 0.396 e. The average Bonchev–Trinajstić information content (AvgIpc) is 2.63. The van der Waals surface area contributed by atoms with Gasteiger partial charge in [-0.1, -0.05) is 6.92 Å². The zero-order valence-electron chi connectivity index (χ0n) is 14.7. The van der Waals surface area contributed by atoms with Crippen LogP contribution in [0.15, 0.2) is 0 Å². The Kier molecular flexibility index (Phi) is 6.49. The molecule has 0 aromatic rings. The summed E-state index contributed by atoms with van der Waals surface area (Å²) < 4.78 is 17.4. The fourth-order valence-electron chi connectivity index (χ4n) is 4.18. The molecule has 3 rings (SSSR count). The normalized spacial score (nSPS) is 35.6. The van der Waals surface area contributed by atoms with Crippen molar-refractivity contribution in [1.29, 1.82) is 0 Å². The minimum absolute atomic E-state index is 0.0472. The maximum atomic E-state index is 12.5. The van der Waals surface area contributed by atoms with E-state index in [2.05, 4.69) is 6.92 Å². The van der Waals surface area contributed by atoms with Crippen molar-refractivity contribution in [2.24, 2.45) is 11.8 Å². The molecule has 0 aromatic carbocycles. The molecule has 3 aliphatic heterocycles. The van der Waals surface area contributed by atoms with E-state index in [1.54, 1.807) is 0 Å². The second kappa shape index (κ2) is 8.61. The third-order valence-electron chi connectivity index (χ3n) is 5.48. The van der Waals surface area contributed by atoms with Crippen LogP contribution in [0.2, 0.25) is 0 Å². The van der Waals surface area contributed by atoms with Crippen molar-refractivity contribution in [2.75, 3.05) is 26.4 Å². The molecule has 0 saturated carbocycles. The predicted molar refractivity (Wildman–Crippen MR) is 88.1 cm³/mol. The van der Waals surface area contributed by atoms with Crippen molar-refractivity contribution in [3.8, 4) is 0 Å². The van der Waals surface area contributed by atoms with Crippen LogP contribution in [-0.2, 0) is 19.0 Å². The monoisotopic (exact) mass is 341 g/mol. The van der Waals surface area contributed by atoms with Crippen LogP contribution in [-0.4, -0.2) is 60.9 Å². The highest BCUT2D eigenvalue weighted by atomic mass is 16.7. The maximum Gasteiger partial charge on any atom is 0.230 e. The molecule has 3 heterocycles. The molecule has 0 radical (unpaired) electrons. The lowest BCUT2D eigenvalue weighted by atomic mass is 9.77. The molecule has 1 N–H and O–H groups in total. The van der Waals surface area contributed by atoms with Gasteiger partial charge in [-0.05, 0) is 44.9 Å². The number of β-lactam (4-membered cyclic amide) rings is 1. The maximum absolute atomic E-state index is 12.5. The van der Waals surface area contributed by atoms with E-state index in [9.17, 15) is 9.90 Å². The molecule has 6 heteroatoms. The Labute approximate surface area is 144 Å². The van der Waals surface area contributed by atoms with Gasteiger partial charge in [0.25, 0.3) is 0 Å². The number of likely N-dealkylation sites (tertiary alicyclic amines) is 1. The molecule has 3 saturated heterocycles. The van der Waals surface area contributed by atoms with Crippen molar-refractivity contribution in [3.63, 3.8) is 0 Å². The fraction of sp³-hybridized carbons (Fsp3) is 0.944. The number of ether oxygens (including phenoxy) is 3. The SMILES string of the molecule is CC(COC1CCCCO1)[C@@H]1[C@@H](CCO)C(=O)N1C1CCCCO1. The van der Waals surface area contributed by atoms with Crippen molar-refractivity contribution in [2.45, 2.75) is 70.4 Å². The summed E-state index contributed by atoms with van der Waals surface area (Å²) in [5.74, 6) is 0.225. The summed E-state index contributed by atoms with van der Waals surface area (Å²) in [6.45, 7) is 4.25. The van der Waals surface area contributed by atoms with E-state index >= 15 is 0 Å². The van der Waals surface area contributed by atoms with Crippen molar-refractivity contribution in [1.82, 2.24) is 4.90 Å². The van der Waals surface area contributed by atoms with Crippen molar-refractivity contribution in [3.05, 3.63) is 0 Å². The zero-order chi connectivity index (χ0) is 16.9. The molecule has 0 aromatic heterocycles. The van der Waals surface area contributed by atoms with Crippen LogP contribution in [0.25, 0.3) is 0 Å². The molecule has 1 amide bonds. The second-order valence-electron chi connectivity index (χ2n) is 7.28. The van der Waals surface area contributed by atoms with Crippen LogP contribution in [0.4, 0.5) is 0 Å². The molecule has 0 spiro atoms. The first kappa shape index (κ1) is 18.1. The first-order chi connectivity index (χ1) is 11.7. The Hall–Kier alpha value is -0.690. The minimum Gasteiger partial charge on any atom is -0.396 e. The molecule has 3 aliphatic rings. The minimum atomic E-state index is -0.105. The molecule has 3 unspecified atom stereocenters. The third-order valence-corrected chi connectivity index (χ3v) is 5.48. The summed E-state index contributed by atoms with van der Waals surface area (Å²) in [6, 6.07) is 0.0938. The van der Waals surface area contributed by atoms with E-state index in [1.165, 1.54) is 0 Å². The Morgan fingerprint density at radius 2 is 1.96 bits per heavy atom. The number of nitrogens with zero attached hydrogens (tertiary/aromatic N) is 1. The number of hydrogen-bond donors (Lipinski definition) is 1. The van der Waals surface area contributed by atoms with E-state index in [4.69, 9.17) is 14.2 Å². The topological polar surface area (TPSA) is 68.2 Å². The quantitative estimate of drug-likeness (QED) is 0.716. The third kappa shape index (κ3) is 3.93. The van der Waals surface area contributed by atoms with Gasteiger partial charge in [0, 0.05) is 25.7 Å². The molecule has 24 heavy (non-hydrogen) atoms. The summed E-state index contributed by atoms with van der Waals surface area (Å²) in [4.78, 5) is 14.5. The van der Waals surface area contributed by atoms with Gasteiger partial charge in [0.1, 0.15) is 6.23 Å². The Bertz CT molecular complexity index is 406. The highest BCUT2D eigenvalue weighted by molar-refractivity contribution is 5.86. The smallest absolute Gasteiger partial charge is 0.230 e. The van der Waals surface area contributed by atoms with E-state index in [1.807, 2.05) is 4.90 Å². The number of rotatable bonds is 7. The number of carbonyl (C=O) groups excluding carboxylic acids is 1. The lowest BCUT2D eigenvalue weighted by Gasteiger charge is -2.53. The Morgan fingerprint density at radius 3 is 2.58 bits per heavy atom. The van der Waals surface area contributed by atoms with Gasteiger partial charge < -0.3 is 24.2 Å². The summed E-state index contributed by atoms with van der Waals surface area (Å²) in [6.07, 6.45) is 6.62. The number of hydrogen-bond acceptors (Lipinski definition) is 5. The lowest BCUT2D eigenvalue weighted by molar-refractivity contribution is -0.206. The second-order valence-corrected chi connectivity index (χ2v) is 7.28. The summed E-state index contributed by atoms with van der Waals surface area (Å²) in [7, 11) is 0. The van der Waals surface area contributed by atoms with E-state index < -0.39 is 0 Å². The van der Waals surface area contributed by atoms with E-state index in [0.717, 1.165) is 51.7 Å². The van der Waals surface area contributed by atoms with Gasteiger partial charge in [-0.25, -0.2) is 0 Å². The van der Waals surface area contributed by atoms with Crippen molar-refractivity contribution >= 4 is 5.91 Å². The first-order valence-electron chi connectivity index (χ1n) is 9.50. The highest BCUT2D eigenvalue weighted by Crippen LogP contribution is 2.38. The summed E-state index contributed by atoms with van der Waals surface area (Å²) in [5, 5.41) is 9.30. The molecule has 3 fully saturated rings. The van der Waals surface area contributed by atoms with Crippen LogP contribution >= 0.6 is 0 Å². The van der Waals surface area contributed by atoms with Gasteiger partial charge in [-0.15, -0.1) is 0 Å². The van der Waals surface area contributed by atoms with Crippen LogP contribution in [0.3, 0.4) is 0 Å². The highest BCUT2D eigenvalue weighted by Gasteiger charge is 2.52. The first-order valence-corrected chi connectivity index (χ1v) is 9.50. The molecule has 138 valence electrons. The molecule has 0 aliphatic carbocycles.